The fourth-order valence-corrected chi connectivity index (χ4v) is 3.00. The number of aromatic nitrogens is 1. The summed E-state index contributed by atoms with van der Waals surface area (Å²) in [6, 6.07) is 4.96. The number of rotatable bonds is 4. The summed E-state index contributed by atoms with van der Waals surface area (Å²) in [6.07, 6.45) is 1.93. The summed E-state index contributed by atoms with van der Waals surface area (Å²) in [5.74, 6) is 5.16. The molecular formula is C11H11BrFN3S. The first kappa shape index (κ1) is 12.6. The first-order valence-corrected chi connectivity index (χ1v) is 6.67. The van der Waals surface area contributed by atoms with Crippen molar-refractivity contribution in [2.24, 2.45) is 5.84 Å². The lowest BCUT2D eigenvalue weighted by atomic mass is 10.1. The van der Waals surface area contributed by atoms with E-state index in [0.717, 1.165) is 16.6 Å². The first-order valence-electron chi connectivity index (χ1n) is 4.99. The van der Waals surface area contributed by atoms with Gasteiger partial charge in [0.25, 0.3) is 0 Å². The monoisotopic (exact) mass is 315 g/mol. The van der Waals surface area contributed by atoms with Crippen LogP contribution >= 0.6 is 27.3 Å². The van der Waals surface area contributed by atoms with E-state index in [1.807, 2.05) is 11.4 Å². The van der Waals surface area contributed by atoms with Crippen LogP contribution in [0.5, 0.6) is 0 Å². The Kier molecular flexibility index (Phi) is 4.22. The van der Waals surface area contributed by atoms with Gasteiger partial charge in [-0.2, -0.15) is 0 Å². The van der Waals surface area contributed by atoms with Crippen LogP contribution in [0.3, 0.4) is 0 Å². The number of pyridine rings is 1. The van der Waals surface area contributed by atoms with Crippen LogP contribution in [-0.4, -0.2) is 4.98 Å². The number of hydrazine groups is 1. The van der Waals surface area contributed by atoms with Crippen molar-refractivity contribution in [1.29, 1.82) is 0 Å². The van der Waals surface area contributed by atoms with E-state index in [4.69, 9.17) is 5.84 Å². The van der Waals surface area contributed by atoms with Crippen molar-refractivity contribution < 1.29 is 4.39 Å². The van der Waals surface area contributed by atoms with Crippen LogP contribution in [0.15, 0.2) is 34.2 Å². The molecule has 0 aliphatic carbocycles. The zero-order valence-electron chi connectivity index (χ0n) is 8.86. The third-order valence-electron chi connectivity index (χ3n) is 2.34. The summed E-state index contributed by atoms with van der Waals surface area (Å²) in [4.78, 5) is 5.21. The molecule has 2 aromatic heterocycles. The molecular weight excluding hydrogens is 305 g/mol. The van der Waals surface area contributed by atoms with Gasteiger partial charge in [0.2, 0.25) is 0 Å². The van der Waals surface area contributed by atoms with Crippen LogP contribution < -0.4 is 11.3 Å². The maximum Gasteiger partial charge on any atom is 0.141 e. The predicted octanol–water partition coefficient (Wildman–Crippen LogP) is 2.79. The van der Waals surface area contributed by atoms with Gasteiger partial charge in [-0.05, 0) is 34.1 Å². The van der Waals surface area contributed by atoms with Crippen molar-refractivity contribution >= 4 is 27.3 Å². The van der Waals surface area contributed by atoms with E-state index in [9.17, 15) is 4.39 Å². The average molecular weight is 316 g/mol. The second kappa shape index (κ2) is 5.68. The minimum Gasteiger partial charge on any atom is -0.271 e. The van der Waals surface area contributed by atoms with E-state index < -0.39 is 0 Å². The molecule has 90 valence electrons. The molecule has 0 radical (unpaired) electrons. The van der Waals surface area contributed by atoms with E-state index in [2.05, 4.69) is 26.3 Å². The fraction of sp³-hybridized carbons (Fsp3) is 0.182. The molecule has 0 aliphatic rings. The lowest BCUT2D eigenvalue weighted by Gasteiger charge is -2.14. The first-order chi connectivity index (χ1) is 8.19. The lowest BCUT2D eigenvalue weighted by molar-refractivity contribution is 0.536. The molecule has 0 saturated carbocycles. The summed E-state index contributed by atoms with van der Waals surface area (Å²) < 4.78 is 13.8. The largest absolute Gasteiger partial charge is 0.271 e. The number of nitrogens with zero attached hydrogens (tertiary/aromatic N) is 1. The van der Waals surface area contributed by atoms with Crippen LogP contribution in [0.1, 0.15) is 16.6 Å². The number of thiophene rings is 1. The number of halogens is 2. The molecule has 1 atom stereocenters. The van der Waals surface area contributed by atoms with Crippen LogP contribution in [-0.2, 0) is 6.42 Å². The highest BCUT2D eigenvalue weighted by Gasteiger charge is 2.13. The normalized spacial score (nSPS) is 12.6. The van der Waals surface area contributed by atoms with Gasteiger partial charge in [0.05, 0.1) is 17.9 Å². The summed E-state index contributed by atoms with van der Waals surface area (Å²) in [5.41, 5.74) is 3.44. The Labute approximate surface area is 111 Å². The Morgan fingerprint density at radius 3 is 2.88 bits per heavy atom. The van der Waals surface area contributed by atoms with Crippen LogP contribution in [0, 0.1) is 5.82 Å². The Hall–Kier alpha value is -0.820. The minimum absolute atomic E-state index is 0.110. The number of nitrogens with two attached hydrogens (primary N) is 1. The number of nitrogens with one attached hydrogen (secondary N) is 1. The van der Waals surface area contributed by atoms with Gasteiger partial charge in [0.15, 0.2) is 0 Å². The molecule has 0 bridgehead atoms. The zero-order valence-corrected chi connectivity index (χ0v) is 11.3. The van der Waals surface area contributed by atoms with Gasteiger partial charge in [0, 0.05) is 21.2 Å². The van der Waals surface area contributed by atoms with Crippen LogP contribution in [0.4, 0.5) is 4.39 Å². The van der Waals surface area contributed by atoms with E-state index in [1.165, 1.54) is 17.1 Å². The van der Waals surface area contributed by atoms with Gasteiger partial charge in [-0.3, -0.25) is 16.3 Å². The van der Waals surface area contributed by atoms with Gasteiger partial charge in [-0.15, -0.1) is 11.3 Å². The van der Waals surface area contributed by atoms with E-state index in [-0.39, 0.29) is 11.9 Å². The van der Waals surface area contributed by atoms with Gasteiger partial charge < -0.3 is 0 Å². The van der Waals surface area contributed by atoms with Crippen molar-refractivity contribution in [3.8, 4) is 0 Å². The van der Waals surface area contributed by atoms with Crippen molar-refractivity contribution in [1.82, 2.24) is 10.4 Å². The second-order valence-corrected chi connectivity index (χ2v) is 5.47. The molecule has 1 unspecified atom stereocenters. The maximum atomic E-state index is 12.8. The molecule has 17 heavy (non-hydrogen) atoms. The molecule has 0 fully saturated rings. The lowest BCUT2D eigenvalue weighted by Crippen LogP contribution is -2.30. The number of hydrogen-bond donors (Lipinski definition) is 2. The summed E-state index contributed by atoms with van der Waals surface area (Å²) in [5, 5.41) is 2.01. The third kappa shape index (κ3) is 3.32. The van der Waals surface area contributed by atoms with Gasteiger partial charge in [-0.25, -0.2) is 4.39 Å². The van der Waals surface area contributed by atoms with Crippen molar-refractivity contribution in [3.05, 3.63) is 50.6 Å². The Morgan fingerprint density at radius 2 is 2.35 bits per heavy atom. The van der Waals surface area contributed by atoms with E-state index in [1.54, 1.807) is 17.4 Å². The highest BCUT2D eigenvalue weighted by atomic mass is 79.9. The van der Waals surface area contributed by atoms with Crippen molar-refractivity contribution in [3.63, 3.8) is 0 Å². The Bertz CT molecular complexity index is 486. The quantitative estimate of drug-likeness (QED) is 0.674. The van der Waals surface area contributed by atoms with Gasteiger partial charge in [0.1, 0.15) is 5.82 Å². The van der Waals surface area contributed by atoms with E-state index in [0.29, 0.717) is 0 Å². The molecule has 6 heteroatoms. The van der Waals surface area contributed by atoms with Gasteiger partial charge in [-0.1, -0.05) is 0 Å². The second-order valence-electron chi connectivity index (χ2n) is 3.56. The predicted molar refractivity (Wildman–Crippen MR) is 70.0 cm³/mol. The van der Waals surface area contributed by atoms with Crippen LogP contribution in [0.2, 0.25) is 0 Å². The average Bonchev–Trinajstić information content (AvgIpc) is 2.73. The Morgan fingerprint density at radius 1 is 1.53 bits per heavy atom. The fourth-order valence-electron chi connectivity index (χ4n) is 1.50. The molecule has 0 aromatic carbocycles. The summed E-state index contributed by atoms with van der Waals surface area (Å²) in [7, 11) is 0. The Balaban J connectivity index is 2.13. The molecule has 3 nitrogen and oxygen atoms in total. The molecule has 2 aromatic rings. The molecule has 0 spiro atoms. The summed E-state index contributed by atoms with van der Waals surface area (Å²) in [6.45, 7) is 0. The van der Waals surface area contributed by atoms with Crippen LogP contribution in [0.25, 0.3) is 0 Å². The SMILES string of the molecule is NNC(Cc1cc(Br)cs1)c1ccc(F)cn1. The molecule has 0 aliphatic heterocycles. The smallest absolute Gasteiger partial charge is 0.141 e. The molecule has 2 rings (SSSR count). The number of hydrogen-bond acceptors (Lipinski definition) is 4. The molecule has 2 heterocycles. The minimum atomic E-state index is -0.344. The topological polar surface area (TPSA) is 50.9 Å². The standard InChI is InChI=1S/C11H11BrFN3S/c12-7-3-9(17-6-7)4-11(16-14)10-2-1-8(13)5-15-10/h1-3,5-6,11,16H,4,14H2. The molecule has 0 saturated heterocycles. The van der Waals surface area contributed by atoms with E-state index >= 15 is 0 Å². The van der Waals surface area contributed by atoms with Gasteiger partial charge >= 0.3 is 0 Å². The highest BCUT2D eigenvalue weighted by molar-refractivity contribution is 9.10. The molecule has 3 N–H and O–H groups in total. The molecule has 0 amide bonds. The summed E-state index contributed by atoms with van der Waals surface area (Å²) >= 11 is 5.05. The zero-order chi connectivity index (χ0) is 12.3. The highest BCUT2D eigenvalue weighted by Crippen LogP contribution is 2.24. The third-order valence-corrected chi connectivity index (χ3v) is 4.06. The van der Waals surface area contributed by atoms with Crippen molar-refractivity contribution in [2.45, 2.75) is 12.5 Å². The van der Waals surface area contributed by atoms with Crippen molar-refractivity contribution in [2.75, 3.05) is 0 Å². The maximum absolute atomic E-state index is 12.8.